The second-order valence-corrected chi connectivity index (χ2v) is 11.8. The Balaban J connectivity index is 2.17. The summed E-state index contributed by atoms with van der Waals surface area (Å²) < 4.78 is 247. The van der Waals surface area contributed by atoms with Crippen molar-refractivity contribution in [3.8, 4) is 0 Å². The van der Waals surface area contributed by atoms with Gasteiger partial charge in [0.2, 0.25) is 23.7 Å². The number of hydrogen-bond acceptors (Lipinski definition) is 5. The van der Waals surface area contributed by atoms with Crippen LogP contribution in [0.5, 0.6) is 0 Å². The highest BCUT2D eigenvalue weighted by Crippen LogP contribution is 2.76. The van der Waals surface area contributed by atoms with Crippen molar-refractivity contribution >= 4 is 23.1 Å². The minimum Gasteiger partial charge on any atom is -0.399 e. The van der Waals surface area contributed by atoms with Gasteiger partial charge in [0, 0.05) is 11.4 Å². The molecular weight excluding hydrogens is 680 g/mol. The van der Waals surface area contributed by atoms with Crippen LogP contribution in [0.25, 0.3) is 0 Å². The SMILES string of the molecule is Nc1ccc(C2(F)C(F)C(F)(F)C(F)(F)C(N)(F)C2(F)SC2(F)C(F)(c3ccc(N)cc3)C(F)C(F)(F)C(F)(F)C2(N)F)cc1. The van der Waals surface area contributed by atoms with E-state index in [0.29, 0.717) is 24.3 Å². The molecule has 2 aromatic rings. The number of hydrogen-bond donors (Lipinski definition) is 4. The van der Waals surface area contributed by atoms with E-state index in [-0.39, 0.29) is 24.3 Å². The summed E-state index contributed by atoms with van der Waals surface area (Å²) in [6, 6.07) is 1.60. The molecule has 2 fully saturated rings. The zero-order valence-electron chi connectivity index (χ0n) is 21.5. The number of nitrogen functional groups attached to an aromatic ring is 2. The van der Waals surface area contributed by atoms with Crippen molar-refractivity contribution in [2.45, 2.75) is 69.0 Å². The molecule has 252 valence electrons. The van der Waals surface area contributed by atoms with Gasteiger partial charge in [-0.15, -0.1) is 0 Å². The molecule has 21 heteroatoms. The second kappa shape index (κ2) is 9.39. The van der Waals surface area contributed by atoms with E-state index in [4.69, 9.17) is 11.5 Å². The monoisotopic (exact) mass is 698 g/mol. The molecule has 2 aromatic carbocycles. The van der Waals surface area contributed by atoms with Crippen LogP contribution < -0.4 is 22.9 Å². The molecule has 2 saturated carbocycles. The fraction of sp³-hybridized carbons (Fsp3) is 0.500. The lowest BCUT2D eigenvalue weighted by Crippen LogP contribution is -2.87. The number of thioether (sulfide) groups is 1. The van der Waals surface area contributed by atoms with Gasteiger partial charge in [0.25, 0.3) is 21.6 Å². The predicted molar refractivity (Wildman–Crippen MR) is 128 cm³/mol. The van der Waals surface area contributed by atoms with Crippen LogP contribution in [0.15, 0.2) is 48.5 Å². The molecule has 0 bridgehead atoms. The lowest BCUT2D eigenvalue weighted by molar-refractivity contribution is -0.376. The Bertz CT molecular complexity index is 1360. The number of halogens is 16. The summed E-state index contributed by atoms with van der Waals surface area (Å²) in [6.45, 7) is 0. The summed E-state index contributed by atoms with van der Waals surface area (Å²) in [7, 11) is 0. The van der Waals surface area contributed by atoms with Gasteiger partial charge in [-0.3, -0.25) is 11.5 Å². The molecule has 0 saturated heterocycles. The van der Waals surface area contributed by atoms with E-state index >= 15 is 35.1 Å². The normalized spacial score (nSPS) is 43.5. The van der Waals surface area contributed by atoms with Crippen molar-refractivity contribution in [3.05, 3.63) is 59.7 Å². The van der Waals surface area contributed by atoms with E-state index < -0.39 is 103 Å². The summed E-state index contributed by atoms with van der Waals surface area (Å²) >= 11 is -2.87. The van der Waals surface area contributed by atoms with Crippen LogP contribution in [0.2, 0.25) is 0 Å². The predicted octanol–water partition coefficient (Wildman–Crippen LogP) is 6.44. The molecular formula is C24H18F16N4S. The van der Waals surface area contributed by atoms with Crippen molar-refractivity contribution in [2.24, 2.45) is 11.5 Å². The van der Waals surface area contributed by atoms with Crippen LogP contribution >= 0.6 is 11.8 Å². The molecule has 0 spiro atoms. The smallest absolute Gasteiger partial charge is 0.363 e. The van der Waals surface area contributed by atoms with Crippen LogP contribution in [0.4, 0.5) is 81.6 Å². The first-order valence-corrected chi connectivity index (χ1v) is 12.8. The first kappa shape index (κ1) is 35.1. The molecule has 8 N–H and O–H groups in total. The third kappa shape index (κ3) is 3.68. The lowest BCUT2D eigenvalue weighted by Gasteiger charge is -2.60. The highest BCUT2D eigenvalue weighted by Gasteiger charge is 2.98. The molecule has 0 heterocycles. The summed E-state index contributed by atoms with van der Waals surface area (Å²) in [5.74, 6) is -40.8. The lowest BCUT2D eigenvalue weighted by atomic mass is 9.69. The topological polar surface area (TPSA) is 104 Å². The van der Waals surface area contributed by atoms with Gasteiger partial charge in [-0.1, -0.05) is 36.0 Å². The Labute approximate surface area is 245 Å². The van der Waals surface area contributed by atoms with Gasteiger partial charge in [-0.25, -0.2) is 35.1 Å². The molecule has 0 amide bonds. The largest absolute Gasteiger partial charge is 0.399 e. The van der Waals surface area contributed by atoms with Crippen LogP contribution in [-0.2, 0) is 11.3 Å². The Kier molecular flexibility index (Phi) is 7.31. The number of alkyl halides is 16. The Hall–Kier alpha value is -2.81. The van der Waals surface area contributed by atoms with Crippen LogP contribution in [-0.4, -0.2) is 57.6 Å². The highest BCUT2D eigenvalue weighted by molar-refractivity contribution is 8.02. The summed E-state index contributed by atoms with van der Waals surface area (Å²) in [5.41, 5.74) is 2.61. The summed E-state index contributed by atoms with van der Waals surface area (Å²) in [4.78, 5) is 0. The average Bonchev–Trinajstić information content (AvgIpc) is 2.94. The van der Waals surface area contributed by atoms with Crippen molar-refractivity contribution in [3.63, 3.8) is 0 Å². The number of rotatable bonds is 4. The fourth-order valence-corrected chi connectivity index (χ4v) is 6.85. The third-order valence-electron chi connectivity index (χ3n) is 7.90. The van der Waals surface area contributed by atoms with Crippen molar-refractivity contribution in [2.75, 3.05) is 11.5 Å². The van der Waals surface area contributed by atoms with Crippen LogP contribution in [0.1, 0.15) is 11.1 Å². The van der Waals surface area contributed by atoms with Crippen LogP contribution in [0, 0.1) is 0 Å². The molecule has 2 aliphatic rings. The molecule has 45 heavy (non-hydrogen) atoms. The Morgan fingerprint density at radius 1 is 0.467 bits per heavy atom. The zero-order valence-corrected chi connectivity index (χ0v) is 22.4. The third-order valence-corrected chi connectivity index (χ3v) is 9.65. The minimum absolute atomic E-state index is 0.00721. The van der Waals surface area contributed by atoms with E-state index in [1.807, 2.05) is 0 Å². The van der Waals surface area contributed by atoms with Crippen molar-refractivity contribution < 1.29 is 70.2 Å². The molecule has 0 aliphatic heterocycles. The van der Waals surface area contributed by atoms with E-state index in [0.717, 1.165) is 0 Å². The van der Waals surface area contributed by atoms with Gasteiger partial charge < -0.3 is 11.5 Å². The molecule has 2 aliphatic carbocycles. The standard InChI is InChI=1S/C24H18F16N4S/c25-13-15(27,9-1-5-11(41)6-2-9)23(39,21(37,43)19(33,34)17(13,29)30)45-24(40)16(28,10-3-7-12(42)8-4-10)14(26)18(31,32)20(35,36)22(24,38)44/h1-8,13-14H,41-44H2. The van der Waals surface area contributed by atoms with Gasteiger partial charge >= 0.3 is 23.7 Å². The Morgan fingerprint density at radius 2 is 0.711 bits per heavy atom. The average molecular weight is 698 g/mol. The molecule has 4 nitrogen and oxygen atoms in total. The first-order valence-electron chi connectivity index (χ1n) is 11.9. The second-order valence-electron chi connectivity index (χ2n) is 10.5. The number of nitrogens with two attached hydrogens (primary N) is 4. The van der Waals surface area contributed by atoms with Gasteiger partial charge in [0.15, 0.2) is 0 Å². The van der Waals surface area contributed by atoms with Gasteiger partial charge in [-0.2, -0.15) is 35.1 Å². The minimum atomic E-state index is -7.05. The maximum atomic E-state index is 16.9. The summed E-state index contributed by atoms with van der Waals surface area (Å²) in [6.07, 6.45) is -10.9. The molecule has 0 aromatic heterocycles. The van der Waals surface area contributed by atoms with Gasteiger partial charge in [-0.05, 0) is 35.4 Å². The zero-order chi connectivity index (χ0) is 34.8. The van der Waals surface area contributed by atoms with Crippen molar-refractivity contribution in [1.82, 2.24) is 0 Å². The fourth-order valence-electron chi connectivity index (χ4n) is 5.17. The molecule has 4 rings (SSSR count). The molecule has 0 radical (unpaired) electrons. The highest BCUT2D eigenvalue weighted by atomic mass is 32.2. The van der Waals surface area contributed by atoms with Gasteiger partial charge in [0.05, 0.1) is 0 Å². The van der Waals surface area contributed by atoms with Gasteiger partial charge in [0.1, 0.15) is 0 Å². The van der Waals surface area contributed by atoms with E-state index in [9.17, 15) is 35.1 Å². The van der Waals surface area contributed by atoms with E-state index in [1.165, 1.54) is 0 Å². The first-order chi connectivity index (χ1) is 20.0. The van der Waals surface area contributed by atoms with Crippen LogP contribution in [0.3, 0.4) is 0 Å². The maximum Gasteiger partial charge on any atom is 0.363 e. The maximum absolute atomic E-state index is 16.9. The number of anilines is 2. The summed E-state index contributed by atoms with van der Waals surface area (Å²) in [5, 5.41) is -13.0. The number of benzene rings is 2. The molecule has 8 atom stereocenters. The van der Waals surface area contributed by atoms with E-state index in [2.05, 4.69) is 11.5 Å². The quantitative estimate of drug-likeness (QED) is 0.167. The van der Waals surface area contributed by atoms with Crippen molar-refractivity contribution in [1.29, 1.82) is 0 Å². The Morgan fingerprint density at radius 3 is 0.956 bits per heavy atom. The van der Waals surface area contributed by atoms with E-state index in [1.54, 1.807) is 0 Å². The molecule has 8 unspecified atom stereocenters.